The van der Waals surface area contributed by atoms with Crippen LogP contribution in [-0.2, 0) is 23.6 Å². The van der Waals surface area contributed by atoms with Crippen molar-refractivity contribution in [2.45, 2.75) is 73.3 Å². The van der Waals surface area contributed by atoms with Crippen molar-refractivity contribution in [1.82, 2.24) is 0 Å². The molecule has 224 valence electrons. The van der Waals surface area contributed by atoms with Crippen LogP contribution < -0.4 is 4.52 Å². The van der Waals surface area contributed by atoms with Gasteiger partial charge in [-0.25, -0.2) is 4.57 Å². The molecule has 0 aliphatic rings. The number of rotatable bonds is 8. The zero-order valence-corrected chi connectivity index (χ0v) is 26.3. The van der Waals surface area contributed by atoms with Gasteiger partial charge < -0.3 is 14.0 Å². The quantitative estimate of drug-likeness (QED) is 0.159. The zero-order valence-electron chi connectivity index (χ0n) is 25.4. The van der Waals surface area contributed by atoms with Gasteiger partial charge in [0.15, 0.2) is 0 Å². The van der Waals surface area contributed by atoms with Crippen molar-refractivity contribution in [3.63, 3.8) is 0 Å². The first-order valence-electron chi connectivity index (χ1n) is 13.3. The Morgan fingerprint density at radius 2 is 1.29 bits per heavy atom. The lowest BCUT2D eigenvalue weighted by molar-refractivity contribution is -0.142. The fourth-order valence-corrected chi connectivity index (χ4v) is 4.46. The molecular formula is C32H43O8P. The predicted octanol–water partition coefficient (Wildman–Crippen LogP) is 7.40. The molecule has 0 saturated heterocycles. The third-order valence-electron chi connectivity index (χ3n) is 6.23. The summed E-state index contributed by atoms with van der Waals surface area (Å²) in [6, 6.07) is 19.5. The van der Waals surface area contributed by atoms with Gasteiger partial charge in [-0.15, -0.1) is 0 Å². The minimum atomic E-state index is -4.49. The molecule has 0 saturated carbocycles. The molecule has 3 aromatic carbocycles. The maximum Gasteiger partial charge on any atom is 0.524 e. The zero-order chi connectivity index (χ0) is 31.3. The van der Waals surface area contributed by atoms with Gasteiger partial charge in [-0.05, 0) is 75.8 Å². The summed E-state index contributed by atoms with van der Waals surface area (Å²) in [5, 5.41) is 0. The van der Waals surface area contributed by atoms with Crippen LogP contribution in [0.4, 0.5) is 0 Å². The van der Waals surface area contributed by atoms with Crippen LogP contribution in [-0.4, -0.2) is 29.3 Å². The molecule has 0 fully saturated rings. The molecule has 0 bridgehead atoms. The molecule has 0 aliphatic carbocycles. The van der Waals surface area contributed by atoms with Crippen LogP contribution in [0.15, 0.2) is 60.7 Å². The Bertz CT molecular complexity index is 1290. The van der Waals surface area contributed by atoms with E-state index in [2.05, 4.69) is 4.74 Å². The summed E-state index contributed by atoms with van der Waals surface area (Å²) in [4.78, 5) is 38.9. The molecule has 0 radical (unpaired) electrons. The van der Waals surface area contributed by atoms with Gasteiger partial charge in [-0.3, -0.25) is 19.4 Å². The number of aryl methyl sites for hydroxylation is 4. The van der Waals surface area contributed by atoms with Gasteiger partial charge in [-0.2, -0.15) is 0 Å². The molecule has 2 unspecified atom stereocenters. The Morgan fingerprint density at radius 1 is 0.805 bits per heavy atom. The smallest absolute Gasteiger partial charge is 0.469 e. The number of hydrogen-bond acceptors (Lipinski definition) is 6. The van der Waals surface area contributed by atoms with Crippen LogP contribution in [0.2, 0.25) is 0 Å². The van der Waals surface area contributed by atoms with E-state index in [-0.39, 0.29) is 29.7 Å². The van der Waals surface area contributed by atoms with E-state index in [1.165, 1.54) is 18.2 Å². The fourth-order valence-electron chi connectivity index (χ4n) is 4.05. The second kappa shape index (κ2) is 16.7. The molecule has 41 heavy (non-hydrogen) atoms. The molecule has 0 spiro atoms. The number of phosphoric ester groups is 1. The number of phosphoric acid groups is 1. The first kappa shape index (κ1) is 35.6. The standard InChI is InChI=1S/C11H17O4P.C11H14O2.C10H12O2/c1-7(2)11-9(4)5-8(3)6-10(11)15-16(12,13)14;1-8-4-6-10(7-5-8)9(2)11(12)13-3;1-8-3-5-10(6-4-8)9(2)12-7-11/h5-7H,1-4H3,(H2,12,13,14);4-7,9H,1-3H3;3-7,9H,1-2H3. The molecule has 0 aromatic heterocycles. The summed E-state index contributed by atoms with van der Waals surface area (Å²) >= 11 is 0. The molecule has 9 heteroatoms. The molecule has 0 amide bonds. The van der Waals surface area contributed by atoms with Crippen LogP contribution in [0.25, 0.3) is 0 Å². The monoisotopic (exact) mass is 586 g/mol. The normalized spacial score (nSPS) is 12.1. The molecule has 8 nitrogen and oxygen atoms in total. The molecule has 2 N–H and O–H groups in total. The average Bonchev–Trinajstić information content (AvgIpc) is 2.88. The van der Waals surface area contributed by atoms with Gasteiger partial charge in [0.2, 0.25) is 0 Å². The number of carbonyl (C=O) groups is 2. The van der Waals surface area contributed by atoms with E-state index in [1.54, 1.807) is 6.07 Å². The third-order valence-corrected chi connectivity index (χ3v) is 6.66. The third kappa shape index (κ3) is 12.7. The molecule has 2 atom stereocenters. The molecule has 3 aromatic rings. The van der Waals surface area contributed by atoms with E-state index in [1.807, 2.05) is 110 Å². The molecular weight excluding hydrogens is 543 g/mol. The van der Waals surface area contributed by atoms with Crippen molar-refractivity contribution in [2.24, 2.45) is 0 Å². The Balaban J connectivity index is 0.000000311. The first-order chi connectivity index (χ1) is 19.1. The van der Waals surface area contributed by atoms with Gasteiger partial charge in [0.1, 0.15) is 11.9 Å². The van der Waals surface area contributed by atoms with Crippen molar-refractivity contribution in [3.8, 4) is 5.75 Å². The minimum Gasteiger partial charge on any atom is -0.469 e. The highest BCUT2D eigenvalue weighted by atomic mass is 31.2. The van der Waals surface area contributed by atoms with Crippen molar-refractivity contribution >= 4 is 20.3 Å². The van der Waals surface area contributed by atoms with Crippen LogP contribution in [0.1, 0.15) is 84.6 Å². The topological polar surface area (TPSA) is 119 Å². The van der Waals surface area contributed by atoms with E-state index >= 15 is 0 Å². The number of ether oxygens (including phenoxy) is 2. The SMILES string of the molecule is COC(=O)C(C)c1ccc(C)cc1.Cc1cc(C)c(C(C)C)c(OP(=O)(O)O)c1.Cc1ccc(C(C)OC=O)cc1. The lowest BCUT2D eigenvalue weighted by Gasteiger charge is -2.17. The highest BCUT2D eigenvalue weighted by molar-refractivity contribution is 7.46. The van der Waals surface area contributed by atoms with Gasteiger partial charge in [0.05, 0.1) is 13.0 Å². The molecule has 3 rings (SSSR count). The highest BCUT2D eigenvalue weighted by Crippen LogP contribution is 2.42. The van der Waals surface area contributed by atoms with Gasteiger partial charge in [0, 0.05) is 5.56 Å². The number of benzene rings is 3. The number of hydrogen-bond donors (Lipinski definition) is 2. The van der Waals surface area contributed by atoms with Crippen molar-refractivity contribution in [1.29, 1.82) is 0 Å². The summed E-state index contributed by atoms with van der Waals surface area (Å²) in [6.45, 7) is 15.9. The minimum absolute atomic E-state index is 0.150. The summed E-state index contributed by atoms with van der Waals surface area (Å²) in [5.41, 5.74) is 7.17. The molecule has 0 heterocycles. The second-order valence-electron chi connectivity index (χ2n) is 10.2. The summed E-state index contributed by atoms with van der Waals surface area (Å²) < 4.78 is 25.0. The van der Waals surface area contributed by atoms with E-state index in [0.29, 0.717) is 6.47 Å². The highest BCUT2D eigenvalue weighted by Gasteiger charge is 2.21. The summed E-state index contributed by atoms with van der Waals surface area (Å²) in [5.74, 6) is 0.0671. The first-order valence-corrected chi connectivity index (χ1v) is 14.8. The maximum atomic E-state index is 11.2. The predicted molar refractivity (Wildman–Crippen MR) is 161 cm³/mol. The fraction of sp³-hybridized carbons (Fsp3) is 0.375. The second-order valence-corrected chi connectivity index (χ2v) is 11.3. The van der Waals surface area contributed by atoms with E-state index in [9.17, 15) is 14.2 Å². The largest absolute Gasteiger partial charge is 0.524 e. The Kier molecular flexibility index (Phi) is 14.5. The number of methoxy groups -OCH3 is 1. The van der Waals surface area contributed by atoms with Crippen LogP contribution in [0.3, 0.4) is 0 Å². The lowest BCUT2D eigenvalue weighted by atomic mass is 9.95. The Morgan fingerprint density at radius 3 is 1.71 bits per heavy atom. The van der Waals surface area contributed by atoms with E-state index in [0.717, 1.165) is 27.8 Å². The Hall–Kier alpha value is -3.45. The summed E-state index contributed by atoms with van der Waals surface area (Å²) in [7, 11) is -3.08. The Labute approximate surface area is 243 Å². The van der Waals surface area contributed by atoms with Crippen molar-refractivity contribution in [2.75, 3.05) is 7.11 Å². The summed E-state index contributed by atoms with van der Waals surface area (Å²) in [6.07, 6.45) is -0.150. The van der Waals surface area contributed by atoms with Crippen LogP contribution >= 0.6 is 7.82 Å². The van der Waals surface area contributed by atoms with E-state index < -0.39 is 7.82 Å². The van der Waals surface area contributed by atoms with Crippen molar-refractivity contribution in [3.05, 3.63) is 99.6 Å². The molecule has 0 aliphatic heterocycles. The average molecular weight is 587 g/mol. The van der Waals surface area contributed by atoms with Gasteiger partial charge in [0.25, 0.3) is 6.47 Å². The van der Waals surface area contributed by atoms with Gasteiger partial charge >= 0.3 is 13.8 Å². The van der Waals surface area contributed by atoms with Crippen LogP contribution in [0.5, 0.6) is 5.75 Å². The maximum absolute atomic E-state index is 11.2. The van der Waals surface area contributed by atoms with Crippen molar-refractivity contribution < 1.29 is 37.9 Å². The van der Waals surface area contributed by atoms with Crippen LogP contribution in [0, 0.1) is 27.7 Å². The lowest BCUT2D eigenvalue weighted by Crippen LogP contribution is -2.10. The number of carbonyl (C=O) groups excluding carboxylic acids is 2. The van der Waals surface area contributed by atoms with Gasteiger partial charge in [-0.1, -0.05) is 79.6 Å². The van der Waals surface area contributed by atoms with E-state index in [4.69, 9.17) is 19.0 Å². The number of esters is 1.